The molecule has 7 nitrogen and oxygen atoms in total. The van der Waals surface area contributed by atoms with E-state index in [-0.39, 0.29) is 36.4 Å². The van der Waals surface area contributed by atoms with Crippen molar-refractivity contribution >= 4 is 17.9 Å². The normalized spacial score (nSPS) is 26.6. The second kappa shape index (κ2) is 6.11. The Morgan fingerprint density at radius 3 is 3.00 bits per heavy atom. The van der Waals surface area contributed by atoms with Crippen LogP contribution < -0.4 is 10.6 Å². The Morgan fingerprint density at radius 2 is 2.30 bits per heavy atom. The van der Waals surface area contributed by atoms with E-state index in [1.807, 2.05) is 0 Å². The zero-order valence-electron chi connectivity index (χ0n) is 11.6. The van der Waals surface area contributed by atoms with Crippen LogP contribution in [-0.4, -0.2) is 53.1 Å². The van der Waals surface area contributed by atoms with Crippen LogP contribution in [0.5, 0.6) is 0 Å². The van der Waals surface area contributed by atoms with Crippen LogP contribution in [0, 0.1) is 5.92 Å². The Bertz CT molecular complexity index is 412. The van der Waals surface area contributed by atoms with E-state index in [9.17, 15) is 14.4 Å². The Morgan fingerprint density at radius 1 is 1.55 bits per heavy atom. The number of carbonyl (C=O) groups is 3. The number of rotatable bonds is 4. The van der Waals surface area contributed by atoms with Gasteiger partial charge in [0.1, 0.15) is 0 Å². The number of nitrogens with one attached hydrogen (secondary N) is 2. The first-order chi connectivity index (χ1) is 9.49. The van der Waals surface area contributed by atoms with Gasteiger partial charge in [-0.25, -0.2) is 4.79 Å². The molecule has 0 radical (unpaired) electrons. The molecule has 3 amide bonds. The average molecular weight is 283 g/mol. The Kier molecular flexibility index (Phi) is 4.46. The predicted molar refractivity (Wildman–Crippen MR) is 71.1 cm³/mol. The van der Waals surface area contributed by atoms with E-state index >= 15 is 0 Å². The number of aliphatic carboxylic acids is 1. The molecule has 2 rings (SSSR count). The van der Waals surface area contributed by atoms with Crippen LogP contribution >= 0.6 is 0 Å². The third-order valence-electron chi connectivity index (χ3n) is 4.02. The number of piperidine rings is 1. The van der Waals surface area contributed by atoms with Crippen LogP contribution in [0.25, 0.3) is 0 Å². The quantitative estimate of drug-likeness (QED) is 0.684. The van der Waals surface area contributed by atoms with Crippen LogP contribution in [0.4, 0.5) is 4.79 Å². The van der Waals surface area contributed by atoms with Crippen LogP contribution in [-0.2, 0) is 9.59 Å². The smallest absolute Gasteiger partial charge is 0.317 e. The number of carbonyl (C=O) groups excluding carboxylic acids is 2. The number of hydrogen-bond acceptors (Lipinski definition) is 3. The molecule has 2 aliphatic rings. The summed E-state index contributed by atoms with van der Waals surface area (Å²) in [5, 5.41) is 14.2. The molecule has 20 heavy (non-hydrogen) atoms. The van der Waals surface area contributed by atoms with Crippen molar-refractivity contribution < 1.29 is 19.5 Å². The number of hydrogen-bond donors (Lipinski definition) is 3. The van der Waals surface area contributed by atoms with Gasteiger partial charge in [-0.05, 0) is 26.2 Å². The fraction of sp³-hybridized carbons (Fsp3) is 0.769. The molecule has 0 aliphatic carbocycles. The molecule has 7 heteroatoms. The highest BCUT2D eigenvalue weighted by molar-refractivity contribution is 5.84. The zero-order chi connectivity index (χ0) is 14.7. The molecule has 0 saturated carbocycles. The van der Waals surface area contributed by atoms with E-state index in [1.165, 1.54) is 0 Å². The Hall–Kier alpha value is -1.79. The van der Waals surface area contributed by atoms with Gasteiger partial charge in [-0.3, -0.25) is 9.59 Å². The number of urea groups is 1. The predicted octanol–water partition coefficient (Wildman–Crippen LogP) is 0.160. The monoisotopic (exact) mass is 283 g/mol. The van der Waals surface area contributed by atoms with Gasteiger partial charge in [0, 0.05) is 25.6 Å². The fourth-order valence-corrected chi connectivity index (χ4v) is 2.91. The second-order valence-corrected chi connectivity index (χ2v) is 5.54. The molecule has 0 spiro atoms. The highest BCUT2D eigenvalue weighted by atomic mass is 16.4. The van der Waals surface area contributed by atoms with Crippen LogP contribution in [0.2, 0.25) is 0 Å². The minimum Gasteiger partial charge on any atom is -0.481 e. The minimum atomic E-state index is -0.866. The lowest BCUT2D eigenvalue weighted by atomic mass is 9.92. The first kappa shape index (κ1) is 14.6. The van der Waals surface area contributed by atoms with Crippen LogP contribution in [0.1, 0.15) is 32.6 Å². The highest BCUT2D eigenvalue weighted by Crippen LogP contribution is 2.27. The largest absolute Gasteiger partial charge is 0.481 e. The van der Waals surface area contributed by atoms with Gasteiger partial charge in [0.05, 0.1) is 12.0 Å². The molecule has 2 heterocycles. The first-order valence-electron chi connectivity index (χ1n) is 7.05. The molecule has 3 N–H and O–H groups in total. The maximum Gasteiger partial charge on any atom is 0.317 e. The lowest BCUT2D eigenvalue weighted by Crippen LogP contribution is -2.54. The number of carboxylic acids is 1. The molecule has 0 aromatic carbocycles. The molecule has 3 unspecified atom stereocenters. The molecule has 0 aromatic heterocycles. The summed E-state index contributed by atoms with van der Waals surface area (Å²) in [6.45, 7) is 2.95. The Labute approximate surface area is 117 Å². The standard InChI is InChI=1S/C13H21N3O4/c1-8(4-5-11(17)18)15-13(20)16-6-2-3-9-10(16)7-14-12(9)19/h8-10H,2-7H2,1H3,(H,14,19)(H,15,20)(H,17,18). The summed E-state index contributed by atoms with van der Waals surface area (Å²) < 4.78 is 0. The number of carboxylic acid groups (broad SMARTS) is 1. The van der Waals surface area contributed by atoms with Crippen molar-refractivity contribution in [2.75, 3.05) is 13.1 Å². The summed E-state index contributed by atoms with van der Waals surface area (Å²) in [5.41, 5.74) is 0. The lowest BCUT2D eigenvalue weighted by molar-refractivity contribution is -0.137. The van der Waals surface area contributed by atoms with Gasteiger partial charge >= 0.3 is 12.0 Å². The lowest BCUT2D eigenvalue weighted by Gasteiger charge is -2.36. The topological polar surface area (TPSA) is 98.7 Å². The van der Waals surface area contributed by atoms with E-state index in [0.29, 0.717) is 19.5 Å². The van der Waals surface area contributed by atoms with E-state index in [2.05, 4.69) is 10.6 Å². The van der Waals surface area contributed by atoms with Crippen molar-refractivity contribution in [2.45, 2.75) is 44.7 Å². The summed E-state index contributed by atoms with van der Waals surface area (Å²) >= 11 is 0. The molecule has 2 saturated heterocycles. The van der Waals surface area contributed by atoms with E-state index in [0.717, 1.165) is 12.8 Å². The highest BCUT2D eigenvalue weighted by Gasteiger charge is 2.42. The van der Waals surface area contributed by atoms with Crippen molar-refractivity contribution in [1.82, 2.24) is 15.5 Å². The summed E-state index contributed by atoms with van der Waals surface area (Å²) in [6, 6.07) is -0.457. The molecule has 2 fully saturated rings. The molecular weight excluding hydrogens is 262 g/mol. The van der Waals surface area contributed by atoms with Crippen LogP contribution in [0.3, 0.4) is 0 Å². The number of likely N-dealkylation sites (tertiary alicyclic amines) is 1. The van der Waals surface area contributed by atoms with Gasteiger partial charge in [0.2, 0.25) is 5.91 Å². The van der Waals surface area contributed by atoms with Crippen molar-refractivity contribution in [3.63, 3.8) is 0 Å². The van der Waals surface area contributed by atoms with Crippen molar-refractivity contribution in [3.8, 4) is 0 Å². The third-order valence-corrected chi connectivity index (χ3v) is 4.02. The van der Waals surface area contributed by atoms with E-state index in [1.54, 1.807) is 11.8 Å². The average Bonchev–Trinajstić information content (AvgIpc) is 2.78. The molecule has 0 bridgehead atoms. The molecule has 3 atom stereocenters. The van der Waals surface area contributed by atoms with Crippen molar-refractivity contribution in [1.29, 1.82) is 0 Å². The van der Waals surface area contributed by atoms with Gasteiger partial charge in [-0.15, -0.1) is 0 Å². The van der Waals surface area contributed by atoms with Gasteiger partial charge in [0.15, 0.2) is 0 Å². The van der Waals surface area contributed by atoms with Gasteiger partial charge in [0.25, 0.3) is 0 Å². The summed E-state index contributed by atoms with van der Waals surface area (Å²) in [7, 11) is 0. The van der Waals surface area contributed by atoms with Crippen LogP contribution in [0.15, 0.2) is 0 Å². The minimum absolute atomic E-state index is 0.0337. The van der Waals surface area contributed by atoms with Gasteiger partial charge in [-0.2, -0.15) is 0 Å². The Balaban J connectivity index is 1.88. The number of fused-ring (bicyclic) bond motifs is 1. The zero-order valence-corrected chi connectivity index (χ0v) is 11.6. The third kappa shape index (κ3) is 3.20. The maximum atomic E-state index is 12.2. The first-order valence-corrected chi connectivity index (χ1v) is 7.05. The maximum absolute atomic E-state index is 12.2. The summed E-state index contributed by atoms with van der Waals surface area (Å²) in [4.78, 5) is 36.1. The fourth-order valence-electron chi connectivity index (χ4n) is 2.91. The SMILES string of the molecule is CC(CCC(=O)O)NC(=O)N1CCCC2C(=O)NCC21. The van der Waals surface area contributed by atoms with Gasteiger partial charge in [-0.1, -0.05) is 0 Å². The van der Waals surface area contributed by atoms with E-state index < -0.39 is 5.97 Å². The molecule has 112 valence electrons. The van der Waals surface area contributed by atoms with Crippen molar-refractivity contribution in [2.24, 2.45) is 5.92 Å². The molecular formula is C13H21N3O4. The molecule has 0 aromatic rings. The van der Waals surface area contributed by atoms with Gasteiger partial charge < -0.3 is 20.6 Å². The summed E-state index contributed by atoms with van der Waals surface area (Å²) in [6.07, 6.45) is 2.09. The van der Waals surface area contributed by atoms with E-state index in [4.69, 9.17) is 5.11 Å². The summed E-state index contributed by atoms with van der Waals surface area (Å²) in [5.74, 6) is -0.926. The number of nitrogens with zero attached hydrogens (tertiary/aromatic N) is 1. The second-order valence-electron chi connectivity index (χ2n) is 5.54. The number of amides is 3. The van der Waals surface area contributed by atoms with Crippen molar-refractivity contribution in [3.05, 3.63) is 0 Å². The molecule has 2 aliphatic heterocycles.